The SMILES string of the molecule is CC(CO)N(C)C(=O)Nc1cccc(COC2CCCCC2)c1. The lowest BCUT2D eigenvalue weighted by Gasteiger charge is -2.24. The first-order chi connectivity index (χ1) is 11.1. The highest BCUT2D eigenvalue weighted by Gasteiger charge is 2.16. The summed E-state index contributed by atoms with van der Waals surface area (Å²) in [6.45, 7) is 2.32. The molecule has 0 saturated heterocycles. The number of likely N-dealkylation sites (N-methyl/N-ethyl adjacent to an activating group) is 1. The van der Waals surface area contributed by atoms with E-state index in [0.29, 0.717) is 12.7 Å². The summed E-state index contributed by atoms with van der Waals surface area (Å²) in [4.78, 5) is 13.6. The molecule has 5 heteroatoms. The van der Waals surface area contributed by atoms with Crippen LogP contribution in [0.15, 0.2) is 24.3 Å². The smallest absolute Gasteiger partial charge is 0.321 e. The number of aliphatic hydroxyl groups is 1. The molecule has 2 amide bonds. The van der Waals surface area contributed by atoms with Crippen molar-refractivity contribution in [3.8, 4) is 0 Å². The summed E-state index contributed by atoms with van der Waals surface area (Å²) in [5.41, 5.74) is 1.81. The summed E-state index contributed by atoms with van der Waals surface area (Å²) in [5, 5.41) is 12.0. The summed E-state index contributed by atoms with van der Waals surface area (Å²) in [6, 6.07) is 7.30. The van der Waals surface area contributed by atoms with E-state index < -0.39 is 0 Å². The molecular weight excluding hydrogens is 292 g/mol. The number of carbonyl (C=O) groups excluding carboxylic acids is 1. The van der Waals surface area contributed by atoms with Gasteiger partial charge in [-0.2, -0.15) is 0 Å². The lowest BCUT2D eigenvalue weighted by atomic mass is 9.98. The van der Waals surface area contributed by atoms with Crippen LogP contribution in [0.1, 0.15) is 44.6 Å². The van der Waals surface area contributed by atoms with Crippen LogP contribution in [0.5, 0.6) is 0 Å². The molecule has 23 heavy (non-hydrogen) atoms. The number of benzene rings is 1. The van der Waals surface area contributed by atoms with Gasteiger partial charge < -0.3 is 20.1 Å². The van der Waals surface area contributed by atoms with Crippen molar-refractivity contribution in [3.63, 3.8) is 0 Å². The van der Waals surface area contributed by atoms with Crippen LogP contribution < -0.4 is 5.32 Å². The van der Waals surface area contributed by atoms with E-state index in [4.69, 9.17) is 9.84 Å². The Morgan fingerprint density at radius 2 is 2.13 bits per heavy atom. The molecule has 0 heterocycles. The lowest BCUT2D eigenvalue weighted by Crippen LogP contribution is -2.40. The van der Waals surface area contributed by atoms with E-state index in [1.165, 1.54) is 24.2 Å². The summed E-state index contributed by atoms with van der Waals surface area (Å²) < 4.78 is 5.98. The van der Waals surface area contributed by atoms with E-state index in [1.54, 1.807) is 14.0 Å². The number of urea groups is 1. The van der Waals surface area contributed by atoms with E-state index in [2.05, 4.69) is 5.32 Å². The molecule has 0 bridgehead atoms. The van der Waals surface area contributed by atoms with Gasteiger partial charge in [-0.15, -0.1) is 0 Å². The molecule has 1 atom stereocenters. The zero-order valence-electron chi connectivity index (χ0n) is 14.1. The van der Waals surface area contributed by atoms with Gasteiger partial charge in [-0.1, -0.05) is 31.4 Å². The number of nitrogens with one attached hydrogen (secondary N) is 1. The minimum absolute atomic E-state index is 0.0564. The molecule has 2 N–H and O–H groups in total. The van der Waals surface area contributed by atoms with E-state index >= 15 is 0 Å². The average molecular weight is 320 g/mol. The van der Waals surface area contributed by atoms with Crippen molar-refractivity contribution >= 4 is 11.7 Å². The molecule has 5 nitrogen and oxygen atoms in total. The number of hydrogen-bond donors (Lipinski definition) is 2. The minimum atomic E-state index is -0.225. The Morgan fingerprint density at radius 1 is 1.39 bits per heavy atom. The largest absolute Gasteiger partial charge is 0.394 e. The fourth-order valence-electron chi connectivity index (χ4n) is 2.72. The van der Waals surface area contributed by atoms with Gasteiger partial charge in [0, 0.05) is 12.7 Å². The van der Waals surface area contributed by atoms with Crippen molar-refractivity contribution in [2.24, 2.45) is 0 Å². The minimum Gasteiger partial charge on any atom is -0.394 e. The number of amides is 2. The molecular formula is C18H28N2O3. The summed E-state index contributed by atoms with van der Waals surface area (Å²) in [6.07, 6.45) is 6.52. The number of anilines is 1. The predicted octanol–water partition coefficient (Wildman–Crippen LogP) is 3.38. The van der Waals surface area contributed by atoms with E-state index in [9.17, 15) is 4.79 Å². The maximum atomic E-state index is 12.1. The van der Waals surface area contributed by atoms with Crippen LogP contribution in [-0.2, 0) is 11.3 Å². The fraction of sp³-hybridized carbons (Fsp3) is 0.611. The molecule has 0 spiro atoms. The van der Waals surface area contributed by atoms with Crippen molar-refractivity contribution in [1.82, 2.24) is 4.90 Å². The summed E-state index contributed by atoms with van der Waals surface area (Å²) in [5.74, 6) is 0. The third kappa shape index (κ3) is 5.52. The predicted molar refractivity (Wildman–Crippen MR) is 91.4 cm³/mol. The molecule has 1 aromatic carbocycles. The fourth-order valence-corrected chi connectivity index (χ4v) is 2.72. The summed E-state index contributed by atoms with van der Waals surface area (Å²) in [7, 11) is 1.67. The number of hydrogen-bond acceptors (Lipinski definition) is 3. The molecule has 1 aromatic rings. The Hall–Kier alpha value is -1.59. The van der Waals surface area contributed by atoms with Crippen LogP contribution in [0.2, 0.25) is 0 Å². The lowest BCUT2D eigenvalue weighted by molar-refractivity contribution is 0.0169. The third-order valence-corrected chi connectivity index (χ3v) is 4.46. The van der Waals surface area contributed by atoms with Crippen molar-refractivity contribution in [3.05, 3.63) is 29.8 Å². The summed E-state index contributed by atoms with van der Waals surface area (Å²) >= 11 is 0. The third-order valence-electron chi connectivity index (χ3n) is 4.46. The van der Waals surface area contributed by atoms with Gasteiger partial charge in [0.15, 0.2) is 0 Å². The normalized spacial score (nSPS) is 16.8. The molecule has 1 aliphatic rings. The van der Waals surface area contributed by atoms with E-state index in [0.717, 1.165) is 24.1 Å². The molecule has 0 radical (unpaired) electrons. The molecule has 1 saturated carbocycles. The molecule has 0 aromatic heterocycles. The second-order valence-electron chi connectivity index (χ2n) is 6.34. The van der Waals surface area contributed by atoms with Crippen LogP contribution in [0, 0.1) is 0 Å². The quantitative estimate of drug-likeness (QED) is 0.844. The Balaban J connectivity index is 1.87. The average Bonchev–Trinajstić information content (AvgIpc) is 2.59. The maximum absolute atomic E-state index is 12.1. The van der Waals surface area contributed by atoms with Crippen LogP contribution in [-0.4, -0.2) is 41.8 Å². The topological polar surface area (TPSA) is 61.8 Å². The molecule has 1 fully saturated rings. The number of carbonyl (C=O) groups is 1. The molecule has 2 rings (SSSR count). The Bertz CT molecular complexity index is 501. The van der Waals surface area contributed by atoms with Crippen LogP contribution in [0.25, 0.3) is 0 Å². The van der Waals surface area contributed by atoms with Gasteiger partial charge in [0.25, 0.3) is 0 Å². The van der Waals surface area contributed by atoms with Gasteiger partial charge in [-0.25, -0.2) is 4.79 Å². The van der Waals surface area contributed by atoms with Gasteiger partial charge in [0.2, 0.25) is 0 Å². The highest BCUT2D eigenvalue weighted by Crippen LogP contribution is 2.22. The van der Waals surface area contributed by atoms with Gasteiger partial charge in [0.05, 0.1) is 25.4 Å². The highest BCUT2D eigenvalue weighted by atomic mass is 16.5. The van der Waals surface area contributed by atoms with E-state index in [-0.39, 0.29) is 18.7 Å². The molecule has 1 unspecified atom stereocenters. The number of rotatable bonds is 6. The first kappa shape index (κ1) is 17.8. The van der Waals surface area contributed by atoms with Gasteiger partial charge in [-0.05, 0) is 37.5 Å². The molecule has 1 aliphatic carbocycles. The number of ether oxygens (including phenoxy) is 1. The second-order valence-corrected chi connectivity index (χ2v) is 6.34. The highest BCUT2D eigenvalue weighted by molar-refractivity contribution is 5.89. The van der Waals surface area contributed by atoms with Crippen LogP contribution in [0.3, 0.4) is 0 Å². The number of nitrogens with zero attached hydrogens (tertiary/aromatic N) is 1. The monoisotopic (exact) mass is 320 g/mol. The van der Waals surface area contributed by atoms with Gasteiger partial charge in [-0.3, -0.25) is 0 Å². The zero-order chi connectivity index (χ0) is 16.7. The first-order valence-electron chi connectivity index (χ1n) is 8.45. The maximum Gasteiger partial charge on any atom is 0.321 e. The first-order valence-corrected chi connectivity index (χ1v) is 8.45. The van der Waals surface area contributed by atoms with Crippen molar-refractivity contribution in [2.75, 3.05) is 19.0 Å². The number of aliphatic hydroxyl groups excluding tert-OH is 1. The Morgan fingerprint density at radius 3 is 2.83 bits per heavy atom. The Kier molecular flexibility index (Phi) is 6.86. The standard InChI is InChI=1S/C18H28N2O3/c1-14(12-21)20(2)18(22)19-16-8-6-7-15(11-16)13-23-17-9-4-3-5-10-17/h6-8,11,14,17,21H,3-5,9-10,12-13H2,1-2H3,(H,19,22). The van der Waals surface area contributed by atoms with Crippen LogP contribution >= 0.6 is 0 Å². The zero-order valence-corrected chi connectivity index (χ0v) is 14.1. The second kappa shape index (κ2) is 8.89. The van der Waals surface area contributed by atoms with Crippen molar-refractivity contribution in [1.29, 1.82) is 0 Å². The van der Waals surface area contributed by atoms with Crippen molar-refractivity contribution < 1.29 is 14.6 Å². The molecule has 128 valence electrons. The molecule has 0 aliphatic heterocycles. The van der Waals surface area contributed by atoms with Gasteiger partial charge >= 0.3 is 6.03 Å². The van der Waals surface area contributed by atoms with Crippen LogP contribution in [0.4, 0.5) is 10.5 Å². The van der Waals surface area contributed by atoms with Gasteiger partial charge in [0.1, 0.15) is 0 Å². The Labute approximate surface area is 138 Å². The van der Waals surface area contributed by atoms with E-state index in [1.807, 2.05) is 24.3 Å². The van der Waals surface area contributed by atoms with Crippen molar-refractivity contribution in [2.45, 2.75) is 57.8 Å².